The number of nitrogens with two attached hydrogens (primary N) is 1. The Morgan fingerprint density at radius 1 is 1.19 bits per heavy atom. The lowest BCUT2D eigenvalue weighted by Crippen LogP contribution is -2.53. The fraction of sp³-hybridized carbons (Fsp3) is 0.562. The molecule has 1 aliphatic heterocycles. The van der Waals surface area contributed by atoms with Crippen molar-refractivity contribution >= 4 is 5.91 Å². The Bertz CT molecular complexity index is 443. The van der Waals surface area contributed by atoms with Crippen LogP contribution in [0.1, 0.15) is 31.9 Å². The monoisotopic (exact) mass is 290 g/mol. The first-order valence-electron chi connectivity index (χ1n) is 7.70. The molecular formula is C16H26N4O. The number of piperazine rings is 1. The molecule has 0 saturated carbocycles. The lowest BCUT2D eigenvalue weighted by atomic mass is 10.0. The van der Waals surface area contributed by atoms with Gasteiger partial charge in [0.1, 0.15) is 6.04 Å². The van der Waals surface area contributed by atoms with E-state index >= 15 is 0 Å². The summed E-state index contributed by atoms with van der Waals surface area (Å²) in [6, 6.07) is 10.2. The van der Waals surface area contributed by atoms with Gasteiger partial charge in [-0.05, 0) is 18.9 Å². The Kier molecular flexibility index (Phi) is 5.73. The van der Waals surface area contributed by atoms with Crippen LogP contribution >= 0.6 is 0 Å². The highest BCUT2D eigenvalue weighted by molar-refractivity contribution is 5.82. The standard InChI is InChI=1S/C16H26N4O/c1-3-13(2)19-9-11-20(12-10-19)15(16(21)18-17)14-7-5-4-6-8-14/h4-8,13,15H,3,9-12,17H2,1-2H3,(H,18,21). The van der Waals surface area contributed by atoms with Gasteiger partial charge in [-0.15, -0.1) is 0 Å². The second-order valence-electron chi connectivity index (χ2n) is 5.65. The number of hydrogen-bond acceptors (Lipinski definition) is 4. The van der Waals surface area contributed by atoms with Crippen molar-refractivity contribution in [1.82, 2.24) is 15.2 Å². The summed E-state index contributed by atoms with van der Waals surface area (Å²) in [5, 5.41) is 0. The number of hydrazine groups is 1. The molecule has 0 bridgehead atoms. The first-order valence-corrected chi connectivity index (χ1v) is 7.70. The predicted octanol–water partition coefficient (Wildman–Crippen LogP) is 1.13. The lowest BCUT2D eigenvalue weighted by Gasteiger charge is -2.40. The van der Waals surface area contributed by atoms with Crippen molar-refractivity contribution < 1.29 is 4.79 Å². The third-order valence-electron chi connectivity index (χ3n) is 4.43. The SMILES string of the molecule is CCC(C)N1CCN(C(C(=O)NN)c2ccccc2)CC1. The maximum Gasteiger partial charge on any atom is 0.255 e. The number of benzene rings is 1. The molecule has 1 fully saturated rings. The molecule has 1 aromatic rings. The average molecular weight is 290 g/mol. The van der Waals surface area contributed by atoms with Crippen LogP contribution in [0.25, 0.3) is 0 Å². The molecule has 0 aliphatic carbocycles. The second kappa shape index (κ2) is 7.54. The molecule has 116 valence electrons. The van der Waals surface area contributed by atoms with Gasteiger partial charge in [-0.25, -0.2) is 5.84 Å². The molecule has 1 amide bonds. The van der Waals surface area contributed by atoms with E-state index in [1.54, 1.807) is 0 Å². The van der Waals surface area contributed by atoms with Crippen LogP contribution in [0.15, 0.2) is 30.3 Å². The van der Waals surface area contributed by atoms with E-state index in [-0.39, 0.29) is 11.9 Å². The van der Waals surface area contributed by atoms with Gasteiger partial charge in [0.05, 0.1) is 0 Å². The highest BCUT2D eigenvalue weighted by Gasteiger charge is 2.30. The zero-order valence-electron chi connectivity index (χ0n) is 13.0. The zero-order chi connectivity index (χ0) is 15.2. The summed E-state index contributed by atoms with van der Waals surface area (Å²) in [5.74, 6) is 5.24. The molecule has 1 aliphatic rings. The summed E-state index contributed by atoms with van der Waals surface area (Å²) >= 11 is 0. The van der Waals surface area contributed by atoms with Crippen LogP contribution in [0.2, 0.25) is 0 Å². The van der Waals surface area contributed by atoms with E-state index < -0.39 is 0 Å². The molecule has 1 saturated heterocycles. The largest absolute Gasteiger partial charge is 0.298 e. The Hall–Kier alpha value is -1.43. The van der Waals surface area contributed by atoms with Gasteiger partial charge in [-0.2, -0.15) is 0 Å². The van der Waals surface area contributed by atoms with E-state index in [0.29, 0.717) is 6.04 Å². The van der Waals surface area contributed by atoms with Gasteiger partial charge in [0.15, 0.2) is 0 Å². The first kappa shape index (κ1) is 15.9. The third-order valence-corrected chi connectivity index (χ3v) is 4.43. The van der Waals surface area contributed by atoms with Crippen LogP contribution in [0, 0.1) is 0 Å². The normalized spacial score (nSPS) is 20.0. The molecule has 1 heterocycles. The lowest BCUT2D eigenvalue weighted by molar-refractivity contribution is -0.127. The van der Waals surface area contributed by atoms with Gasteiger partial charge in [-0.3, -0.25) is 20.0 Å². The Balaban J connectivity index is 2.08. The molecule has 21 heavy (non-hydrogen) atoms. The van der Waals surface area contributed by atoms with E-state index in [0.717, 1.165) is 38.2 Å². The van der Waals surface area contributed by atoms with Gasteiger partial charge in [-0.1, -0.05) is 37.3 Å². The number of amides is 1. The van der Waals surface area contributed by atoms with Crippen molar-refractivity contribution in [2.45, 2.75) is 32.4 Å². The van der Waals surface area contributed by atoms with Crippen molar-refractivity contribution in [2.24, 2.45) is 5.84 Å². The van der Waals surface area contributed by atoms with Crippen molar-refractivity contribution in [3.8, 4) is 0 Å². The number of hydrogen-bond donors (Lipinski definition) is 2. The van der Waals surface area contributed by atoms with Crippen molar-refractivity contribution in [2.75, 3.05) is 26.2 Å². The van der Waals surface area contributed by atoms with E-state index in [9.17, 15) is 4.79 Å². The molecule has 1 aromatic carbocycles. The number of nitrogens with one attached hydrogen (secondary N) is 1. The van der Waals surface area contributed by atoms with E-state index in [1.165, 1.54) is 0 Å². The summed E-state index contributed by atoms with van der Waals surface area (Å²) in [6.07, 6.45) is 1.16. The molecule has 2 unspecified atom stereocenters. The van der Waals surface area contributed by atoms with Crippen molar-refractivity contribution in [3.05, 3.63) is 35.9 Å². The van der Waals surface area contributed by atoms with Gasteiger partial charge in [0.2, 0.25) is 0 Å². The van der Waals surface area contributed by atoms with Gasteiger partial charge in [0, 0.05) is 32.2 Å². The van der Waals surface area contributed by atoms with E-state index in [2.05, 4.69) is 29.1 Å². The fourth-order valence-corrected chi connectivity index (χ4v) is 2.94. The molecule has 3 N–H and O–H groups in total. The Morgan fingerprint density at radius 2 is 1.76 bits per heavy atom. The smallest absolute Gasteiger partial charge is 0.255 e. The van der Waals surface area contributed by atoms with Crippen molar-refractivity contribution in [1.29, 1.82) is 0 Å². The minimum Gasteiger partial charge on any atom is -0.298 e. The molecule has 5 nitrogen and oxygen atoms in total. The summed E-state index contributed by atoms with van der Waals surface area (Å²) in [7, 11) is 0. The number of rotatable bonds is 5. The molecule has 2 atom stereocenters. The maximum absolute atomic E-state index is 12.2. The molecule has 0 aromatic heterocycles. The van der Waals surface area contributed by atoms with Crippen LogP contribution in [0.5, 0.6) is 0 Å². The maximum atomic E-state index is 12.2. The summed E-state index contributed by atoms with van der Waals surface area (Å²) in [4.78, 5) is 16.9. The predicted molar refractivity (Wildman–Crippen MR) is 84.4 cm³/mol. The molecule has 0 radical (unpaired) electrons. The summed E-state index contributed by atoms with van der Waals surface area (Å²) in [6.45, 7) is 8.24. The fourth-order valence-electron chi connectivity index (χ4n) is 2.94. The van der Waals surface area contributed by atoms with Crippen LogP contribution in [-0.2, 0) is 4.79 Å². The first-order chi connectivity index (χ1) is 10.2. The van der Waals surface area contributed by atoms with Crippen LogP contribution in [-0.4, -0.2) is 47.9 Å². The zero-order valence-corrected chi connectivity index (χ0v) is 13.0. The van der Waals surface area contributed by atoms with Crippen LogP contribution < -0.4 is 11.3 Å². The second-order valence-corrected chi connectivity index (χ2v) is 5.65. The third kappa shape index (κ3) is 3.81. The minimum atomic E-state index is -0.296. The quantitative estimate of drug-likeness (QED) is 0.485. The molecule has 5 heteroatoms. The van der Waals surface area contributed by atoms with Crippen molar-refractivity contribution in [3.63, 3.8) is 0 Å². The topological polar surface area (TPSA) is 61.6 Å². The van der Waals surface area contributed by atoms with Crippen LogP contribution in [0.3, 0.4) is 0 Å². The Morgan fingerprint density at radius 3 is 2.29 bits per heavy atom. The van der Waals surface area contributed by atoms with E-state index in [1.807, 2.05) is 30.3 Å². The highest BCUT2D eigenvalue weighted by atomic mass is 16.2. The van der Waals surface area contributed by atoms with Gasteiger partial charge >= 0.3 is 0 Å². The molecule has 0 spiro atoms. The number of carbonyl (C=O) groups is 1. The summed E-state index contributed by atoms with van der Waals surface area (Å²) in [5.41, 5.74) is 3.31. The van der Waals surface area contributed by atoms with Gasteiger partial charge in [0.25, 0.3) is 5.91 Å². The molecular weight excluding hydrogens is 264 g/mol. The minimum absolute atomic E-state index is 0.141. The van der Waals surface area contributed by atoms with Gasteiger partial charge < -0.3 is 0 Å². The summed E-state index contributed by atoms with van der Waals surface area (Å²) < 4.78 is 0. The highest BCUT2D eigenvalue weighted by Crippen LogP contribution is 2.23. The van der Waals surface area contributed by atoms with E-state index in [4.69, 9.17) is 5.84 Å². The average Bonchev–Trinajstić information content (AvgIpc) is 2.55. The van der Waals surface area contributed by atoms with Crippen LogP contribution in [0.4, 0.5) is 0 Å². The Labute approximate surface area is 127 Å². The number of nitrogens with zero attached hydrogens (tertiary/aromatic N) is 2. The number of carbonyl (C=O) groups excluding carboxylic acids is 1. The molecule has 2 rings (SSSR count).